The molecule has 0 N–H and O–H groups in total. The van der Waals surface area contributed by atoms with Gasteiger partial charge in [0.15, 0.2) is 12.6 Å². The Morgan fingerprint density at radius 2 is 1.71 bits per heavy atom. The van der Waals surface area contributed by atoms with Crippen LogP contribution in [0.25, 0.3) is 0 Å². The van der Waals surface area contributed by atoms with Gasteiger partial charge < -0.3 is 19.0 Å². The van der Waals surface area contributed by atoms with Gasteiger partial charge in [0.2, 0.25) is 0 Å². The average molecular weight is 204 g/mol. The van der Waals surface area contributed by atoms with Crippen LogP contribution in [0.1, 0.15) is 27.7 Å². The van der Waals surface area contributed by atoms with Gasteiger partial charge in [-0.2, -0.15) is 0 Å². The number of hydrogen-bond donors (Lipinski definition) is 0. The van der Waals surface area contributed by atoms with Crippen LogP contribution in [0.5, 0.6) is 0 Å². The molecule has 84 valence electrons. The van der Waals surface area contributed by atoms with Crippen LogP contribution in [0.3, 0.4) is 0 Å². The molecule has 0 fully saturated rings. The highest BCUT2D eigenvalue weighted by Gasteiger charge is 2.19. The Balaban J connectivity index is 3.85. The molecule has 0 aliphatic carbocycles. The lowest BCUT2D eigenvalue weighted by atomic mass is 10.2. The number of carbonyl (C=O) groups excluding carboxylic acids is 1. The van der Waals surface area contributed by atoms with Crippen LogP contribution in [0.15, 0.2) is 0 Å². The standard InChI is InChI=1S/C10H20O4/c1-5-12-9(13-6-2)7-14-10(3,4)8-11/h8-9H,5-7H2,1-4H3. The minimum Gasteiger partial charge on any atom is -0.363 e. The van der Waals surface area contributed by atoms with E-state index >= 15 is 0 Å². The molecule has 0 aliphatic rings. The van der Waals surface area contributed by atoms with E-state index < -0.39 is 5.60 Å². The highest BCUT2D eigenvalue weighted by atomic mass is 16.7. The summed E-state index contributed by atoms with van der Waals surface area (Å²) in [6, 6.07) is 0. The van der Waals surface area contributed by atoms with E-state index in [1.54, 1.807) is 13.8 Å². The summed E-state index contributed by atoms with van der Waals surface area (Å²) in [6.45, 7) is 8.58. The number of carbonyl (C=O) groups is 1. The van der Waals surface area contributed by atoms with Gasteiger partial charge in [0.1, 0.15) is 5.60 Å². The van der Waals surface area contributed by atoms with Crippen molar-refractivity contribution in [1.82, 2.24) is 0 Å². The highest BCUT2D eigenvalue weighted by molar-refractivity contribution is 5.60. The third-order valence-corrected chi connectivity index (χ3v) is 1.58. The van der Waals surface area contributed by atoms with Gasteiger partial charge in [-0.1, -0.05) is 0 Å². The zero-order valence-electron chi connectivity index (χ0n) is 9.41. The Hall–Kier alpha value is -0.450. The van der Waals surface area contributed by atoms with Crippen molar-refractivity contribution in [2.24, 2.45) is 0 Å². The van der Waals surface area contributed by atoms with Crippen LogP contribution in [0.4, 0.5) is 0 Å². The zero-order valence-corrected chi connectivity index (χ0v) is 9.41. The minimum atomic E-state index is -0.771. The summed E-state index contributed by atoms with van der Waals surface area (Å²) in [7, 11) is 0. The van der Waals surface area contributed by atoms with Crippen LogP contribution in [0.2, 0.25) is 0 Å². The molecule has 0 bridgehead atoms. The van der Waals surface area contributed by atoms with Crippen LogP contribution < -0.4 is 0 Å². The maximum atomic E-state index is 10.5. The molecule has 0 atom stereocenters. The summed E-state index contributed by atoms with van der Waals surface area (Å²) in [4.78, 5) is 10.5. The number of aldehydes is 1. The molecule has 0 aromatic rings. The molecule has 0 aliphatic heterocycles. The summed E-state index contributed by atoms with van der Waals surface area (Å²) >= 11 is 0. The molecule has 0 spiro atoms. The molecule has 0 heterocycles. The summed E-state index contributed by atoms with van der Waals surface area (Å²) in [6.07, 6.45) is 0.381. The Morgan fingerprint density at radius 1 is 1.21 bits per heavy atom. The normalized spacial score (nSPS) is 12.1. The Kier molecular flexibility index (Phi) is 6.70. The zero-order chi connectivity index (χ0) is 11.0. The molecule has 0 rings (SSSR count). The molecule has 0 amide bonds. The van der Waals surface area contributed by atoms with Crippen molar-refractivity contribution in [3.63, 3.8) is 0 Å². The summed E-state index contributed by atoms with van der Waals surface area (Å²) < 4.78 is 15.8. The molecule has 0 unspecified atom stereocenters. The average Bonchev–Trinajstić information content (AvgIpc) is 2.15. The van der Waals surface area contributed by atoms with Gasteiger partial charge >= 0.3 is 0 Å². The van der Waals surface area contributed by atoms with E-state index in [2.05, 4.69) is 0 Å². The monoisotopic (exact) mass is 204 g/mol. The smallest absolute Gasteiger partial charge is 0.180 e. The molecule has 0 saturated heterocycles. The van der Waals surface area contributed by atoms with Gasteiger partial charge in [-0.15, -0.1) is 0 Å². The maximum Gasteiger partial charge on any atom is 0.180 e. The summed E-state index contributed by atoms with van der Waals surface area (Å²) in [5.41, 5.74) is -0.771. The predicted octanol–water partition coefficient (Wildman–Crippen LogP) is 1.38. The highest BCUT2D eigenvalue weighted by Crippen LogP contribution is 2.07. The second-order valence-electron chi connectivity index (χ2n) is 3.37. The van der Waals surface area contributed by atoms with Crippen LogP contribution in [0, 0.1) is 0 Å². The molecule has 4 nitrogen and oxygen atoms in total. The largest absolute Gasteiger partial charge is 0.363 e. The van der Waals surface area contributed by atoms with Crippen molar-refractivity contribution in [3.05, 3.63) is 0 Å². The minimum absolute atomic E-state index is 0.271. The lowest BCUT2D eigenvalue weighted by Gasteiger charge is -2.23. The molecule has 4 heteroatoms. The molecular weight excluding hydrogens is 184 g/mol. The van der Waals surface area contributed by atoms with Crippen molar-refractivity contribution in [2.75, 3.05) is 19.8 Å². The first-order chi connectivity index (χ1) is 6.55. The van der Waals surface area contributed by atoms with Crippen molar-refractivity contribution in [2.45, 2.75) is 39.6 Å². The molecular formula is C10H20O4. The predicted molar refractivity (Wildman–Crippen MR) is 53.1 cm³/mol. The van der Waals surface area contributed by atoms with Gasteiger partial charge in [-0.3, -0.25) is 0 Å². The lowest BCUT2D eigenvalue weighted by molar-refractivity contribution is -0.186. The molecule has 0 aromatic heterocycles. The van der Waals surface area contributed by atoms with Gasteiger partial charge in [0.05, 0.1) is 6.61 Å². The van der Waals surface area contributed by atoms with Crippen molar-refractivity contribution < 1.29 is 19.0 Å². The van der Waals surface area contributed by atoms with Crippen LogP contribution in [-0.2, 0) is 19.0 Å². The first kappa shape index (κ1) is 13.5. The summed E-state index contributed by atoms with van der Waals surface area (Å²) in [5.74, 6) is 0. The molecule has 0 saturated carbocycles. The Labute approximate surface area is 85.5 Å². The fraction of sp³-hybridized carbons (Fsp3) is 0.900. The summed E-state index contributed by atoms with van der Waals surface area (Å²) in [5, 5.41) is 0. The van der Waals surface area contributed by atoms with Crippen molar-refractivity contribution in [3.8, 4) is 0 Å². The fourth-order valence-electron chi connectivity index (χ4n) is 0.833. The van der Waals surface area contributed by atoms with Gasteiger partial charge in [0.25, 0.3) is 0 Å². The van der Waals surface area contributed by atoms with Crippen molar-refractivity contribution in [1.29, 1.82) is 0 Å². The van der Waals surface area contributed by atoms with E-state index in [-0.39, 0.29) is 12.9 Å². The second-order valence-corrected chi connectivity index (χ2v) is 3.37. The van der Waals surface area contributed by atoms with E-state index in [9.17, 15) is 4.79 Å². The first-order valence-electron chi connectivity index (χ1n) is 4.89. The number of rotatable bonds is 8. The maximum absolute atomic E-state index is 10.5. The van der Waals surface area contributed by atoms with E-state index in [1.807, 2.05) is 13.8 Å². The SMILES string of the molecule is CCOC(COC(C)(C)C=O)OCC. The van der Waals surface area contributed by atoms with Gasteiger partial charge in [-0.05, 0) is 27.7 Å². The number of hydrogen-bond acceptors (Lipinski definition) is 4. The van der Waals surface area contributed by atoms with E-state index in [0.29, 0.717) is 13.2 Å². The molecule has 0 aromatic carbocycles. The van der Waals surface area contributed by atoms with Gasteiger partial charge in [0, 0.05) is 13.2 Å². The Morgan fingerprint density at radius 3 is 2.07 bits per heavy atom. The lowest BCUT2D eigenvalue weighted by Crippen LogP contribution is -2.33. The van der Waals surface area contributed by atoms with Gasteiger partial charge in [-0.25, -0.2) is 0 Å². The topological polar surface area (TPSA) is 44.8 Å². The fourth-order valence-corrected chi connectivity index (χ4v) is 0.833. The number of ether oxygens (including phenoxy) is 3. The Bertz CT molecular complexity index is 150. The molecule has 0 radical (unpaired) electrons. The van der Waals surface area contributed by atoms with Crippen molar-refractivity contribution >= 4 is 6.29 Å². The third-order valence-electron chi connectivity index (χ3n) is 1.58. The molecule has 14 heavy (non-hydrogen) atoms. The van der Waals surface area contributed by atoms with Crippen LogP contribution in [-0.4, -0.2) is 38.0 Å². The van der Waals surface area contributed by atoms with E-state index in [1.165, 1.54) is 0 Å². The first-order valence-corrected chi connectivity index (χ1v) is 4.89. The second kappa shape index (κ2) is 6.92. The van der Waals surface area contributed by atoms with E-state index in [4.69, 9.17) is 14.2 Å². The quantitative estimate of drug-likeness (QED) is 0.442. The van der Waals surface area contributed by atoms with E-state index in [0.717, 1.165) is 6.29 Å². The van der Waals surface area contributed by atoms with Crippen LogP contribution >= 0.6 is 0 Å². The third kappa shape index (κ3) is 6.07.